The number of hydrogen-bond acceptors (Lipinski definition) is 3. The van der Waals surface area contributed by atoms with Crippen LogP contribution in [-0.2, 0) is 16.1 Å². The molecule has 88 valence electrons. The van der Waals surface area contributed by atoms with E-state index in [0.717, 1.165) is 5.69 Å². The summed E-state index contributed by atoms with van der Waals surface area (Å²) in [5.41, 5.74) is 0.608. The van der Waals surface area contributed by atoms with Crippen molar-refractivity contribution in [2.45, 2.75) is 13.5 Å². The van der Waals surface area contributed by atoms with Gasteiger partial charge in [0, 0.05) is 25.4 Å². The highest BCUT2D eigenvalue weighted by molar-refractivity contribution is 5.75. The van der Waals surface area contributed by atoms with Gasteiger partial charge >= 0.3 is 0 Å². The Labute approximate surface area is 94.0 Å². The zero-order valence-electron chi connectivity index (χ0n) is 9.53. The van der Waals surface area contributed by atoms with Crippen LogP contribution in [0.5, 0.6) is 0 Å². The third-order valence-corrected chi connectivity index (χ3v) is 2.20. The van der Waals surface area contributed by atoms with Crippen LogP contribution in [0, 0.1) is 6.92 Å². The first kappa shape index (κ1) is 12.4. The van der Waals surface area contributed by atoms with Gasteiger partial charge in [-0.3, -0.25) is 9.59 Å². The molecule has 0 aliphatic carbocycles. The van der Waals surface area contributed by atoms with Crippen LogP contribution in [0.2, 0.25) is 0 Å². The number of amides is 1. The molecule has 1 amide bonds. The van der Waals surface area contributed by atoms with E-state index in [4.69, 9.17) is 4.74 Å². The molecular weight excluding hydrogens is 208 g/mol. The third kappa shape index (κ3) is 3.51. The molecule has 0 saturated carbocycles. The molecule has 5 heteroatoms. The first-order valence-electron chi connectivity index (χ1n) is 5.07. The van der Waals surface area contributed by atoms with Crippen LogP contribution in [0.1, 0.15) is 5.69 Å². The SMILES string of the molecule is COCCNC(=O)Cn1c(C)cccc1=O. The zero-order valence-corrected chi connectivity index (χ0v) is 9.53. The van der Waals surface area contributed by atoms with Gasteiger partial charge in [-0.15, -0.1) is 0 Å². The van der Waals surface area contributed by atoms with Gasteiger partial charge in [0.2, 0.25) is 5.91 Å². The van der Waals surface area contributed by atoms with Crippen molar-refractivity contribution in [3.63, 3.8) is 0 Å². The van der Waals surface area contributed by atoms with Gasteiger partial charge < -0.3 is 14.6 Å². The maximum Gasteiger partial charge on any atom is 0.251 e. The van der Waals surface area contributed by atoms with Gasteiger partial charge in [-0.2, -0.15) is 0 Å². The molecule has 0 fully saturated rings. The highest BCUT2D eigenvalue weighted by atomic mass is 16.5. The Balaban J connectivity index is 2.59. The minimum Gasteiger partial charge on any atom is -0.383 e. The molecule has 0 atom stereocenters. The number of ether oxygens (including phenoxy) is 1. The number of methoxy groups -OCH3 is 1. The molecule has 0 aliphatic rings. The molecule has 0 radical (unpaired) electrons. The summed E-state index contributed by atoms with van der Waals surface area (Å²) < 4.78 is 6.24. The van der Waals surface area contributed by atoms with Crippen molar-refractivity contribution in [1.29, 1.82) is 0 Å². The second kappa shape index (κ2) is 6.07. The van der Waals surface area contributed by atoms with E-state index in [1.54, 1.807) is 26.2 Å². The molecule has 1 rings (SSSR count). The average molecular weight is 224 g/mol. The Hall–Kier alpha value is -1.62. The minimum atomic E-state index is -0.187. The highest BCUT2D eigenvalue weighted by Gasteiger charge is 2.05. The van der Waals surface area contributed by atoms with Crippen molar-refractivity contribution in [2.75, 3.05) is 20.3 Å². The van der Waals surface area contributed by atoms with Gasteiger partial charge in [-0.05, 0) is 13.0 Å². The van der Waals surface area contributed by atoms with Crippen LogP contribution >= 0.6 is 0 Å². The molecule has 5 nitrogen and oxygen atoms in total. The van der Waals surface area contributed by atoms with Crippen LogP contribution in [0.4, 0.5) is 0 Å². The summed E-state index contributed by atoms with van der Waals surface area (Å²) in [6, 6.07) is 4.91. The summed E-state index contributed by atoms with van der Waals surface area (Å²) in [6.45, 7) is 2.77. The van der Waals surface area contributed by atoms with Gasteiger partial charge in [-0.25, -0.2) is 0 Å². The third-order valence-electron chi connectivity index (χ3n) is 2.20. The molecule has 0 bridgehead atoms. The number of hydrogen-bond donors (Lipinski definition) is 1. The first-order valence-corrected chi connectivity index (χ1v) is 5.07. The maximum atomic E-state index is 11.5. The van der Waals surface area contributed by atoms with E-state index in [2.05, 4.69) is 5.32 Å². The Bertz CT molecular complexity index is 412. The lowest BCUT2D eigenvalue weighted by Crippen LogP contribution is -2.34. The summed E-state index contributed by atoms with van der Waals surface area (Å²) in [5.74, 6) is -0.187. The molecule has 0 saturated heterocycles. The smallest absolute Gasteiger partial charge is 0.251 e. The van der Waals surface area contributed by atoms with Gasteiger partial charge in [0.15, 0.2) is 0 Å². The number of pyridine rings is 1. The van der Waals surface area contributed by atoms with Crippen LogP contribution in [0.3, 0.4) is 0 Å². The van der Waals surface area contributed by atoms with E-state index >= 15 is 0 Å². The van der Waals surface area contributed by atoms with Crippen molar-refractivity contribution < 1.29 is 9.53 Å². The molecule has 0 unspecified atom stereocenters. The van der Waals surface area contributed by atoms with E-state index in [1.807, 2.05) is 0 Å². The monoisotopic (exact) mass is 224 g/mol. The van der Waals surface area contributed by atoms with Crippen LogP contribution in [-0.4, -0.2) is 30.7 Å². The highest BCUT2D eigenvalue weighted by Crippen LogP contribution is 1.92. The number of nitrogens with one attached hydrogen (secondary N) is 1. The summed E-state index contributed by atoms with van der Waals surface area (Å²) in [5, 5.41) is 2.66. The molecule has 0 aromatic carbocycles. The molecule has 1 N–H and O–H groups in total. The minimum absolute atomic E-state index is 0.0508. The number of carbonyl (C=O) groups is 1. The number of carbonyl (C=O) groups excluding carboxylic acids is 1. The van der Waals surface area contributed by atoms with Crippen molar-refractivity contribution in [2.24, 2.45) is 0 Å². The summed E-state index contributed by atoms with van der Waals surface area (Å²) >= 11 is 0. The molecule has 1 aromatic rings. The number of aryl methyl sites for hydroxylation is 1. The molecular formula is C11H16N2O3. The lowest BCUT2D eigenvalue weighted by molar-refractivity contribution is -0.121. The quantitative estimate of drug-likeness (QED) is 0.712. The summed E-state index contributed by atoms with van der Waals surface area (Å²) in [4.78, 5) is 22.9. The summed E-state index contributed by atoms with van der Waals surface area (Å²) in [7, 11) is 1.57. The normalized spacial score (nSPS) is 10.1. The largest absolute Gasteiger partial charge is 0.383 e. The van der Waals surface area contributed by atoms with E-state index in [0.29, 0.717) is 13.2 Å². The Kier molecular flexibility index (Phi) is 4.72. The average Bonchev–Trinajstić information content (AvgIpc) is 2.24. The lowest BCUT2D eigenvalue weighted by atomic mass is 10.3. The molecule has 0 spiro atoms. The van der Waals surface area contributed by atoms with Crippen LogP contribution < -0.4 is 10.9 Å². The van der Waals surface area contributed by atoms with Crippen molar-refractivity contribution >= 4 is 5.91 Å². The van der Waals surface area contributed by atoms with Crippen LogP contribution in [0.15, 0.2) is 23.0 Å². The second-order valence-corrected chi connectivity index (χ2v) is 3.43. The maximum absolute atomic E-state index is 11.5. The van der Waals surface area contributed by atoms with Crippen molar-refractivity contribution in [1.82, 2.24) is 9.88 Å². The fraction of sp³-hybridized carbons (Fsp3) is 0.455. The Morgan fingerprint density at radius 3 is 2.88 bits per heavy atom. The molecule has 1 heterocycles. The predicted molar refractivity (Wildman–Crippen MR) is 60.3 cm³/mol. The predicted octanol–water partition coefficient (Wildman–Crippen LogP) is -0.0807. The lowest BCUT2D eigenvalue weighted by Gasteiger charge is -2.09. The van der Waals surface area contributed by atoms with E-state index in [9.17, 15) is 9.59 Å². The van der Waals surface area contributed by atoms with E-state index < -0.39 is 0 Å². The second-order valence-electron chi connectivity index (χ2n) is 3.43. The Morgan fingerprint density at radius 2 is 2.25 bits per heavy atom. The number of aromatic nitrogens is 1. The van der Waals surface area contributed by atoms with Crippen molar-refractivity contribution in [3.8, 4) is 0 Å². The van der Waals surface area contributed by atoms with Crippen LogP contribution in [0.25, 0.3) is 0 Å². The first-order chi connectivity index (χ1) is 7.65. The molecule has 1 aromatic heterocycles. The number of nitrogens with zero attached hydrogens (tertiary/aromatic N) is 1. The number of rotatable bonds is 5. The van der Waals surface area contributed by atoms with Gasteiger partial charge in [0.1, 0.15) is 6.54 Å². The summed E-state index contributed by atoms with van der Waals surface area (Å²) in [6.07, 6.45) is 0. The zero-order chi connectivity index (χ0) is 12.0. The topological polar surface area (TPSA) is 60.3 Å². The fourth-order valence-corrected chi connectivity index (χ4v) is 1.32. The fourth-order valence-electron chi connectivity index (χ4n) is 1.32. The van der Waals surface area contributed by atoms with Gasteiger partial charge in [0.25, 0.3) is 5.56 Å². The van der Waals surface area contributed by atoms with Gasteiger partial charge in [-0.1, -0.05) is 6.07 Å². The van der Waals surface area contributed by atoms with Gasteiger partial charge in [0.05, 0.1) is 6.61 Å². The van der Waals surface area contributed by atoms with Crippen molar-refractivity contribution in [3.05, 3.63) is 34.2 Å². The Morgan fingerprint density at radius 1 is 1.50 bits per heavy atom. The molecule has 16 heavy (non-hydrogen) atoms. The molecule has 0 aliphatic heterocycles. The van der Waals surface area contributed by atoms with E-state index in [1.165, 1.54) is 10.6 Å². The van der Waals surface area contributed by atoms with E-state index in [-0.39, 0.29) is 18.0 Å². The standard InChI is InChI=1S/C11H16N2O3/c1-9-4-3-5-11(15)13(9)8-10(14)12-6-7-16-2/h3-5H,6-8H2,1-2H3,(H,12,14).